The molecule has 1 heterocycles. The van der Waals surface area contributed by atoms with E-state index in [0.29, 0.717) is 23.1 Å². The molecule has 3 nitrogen and oxygen atoms in total. The molecule has 0 spiro atoms. The van der Waals surface area contributed by atoms with Crippen LogP contribution in [0.1, 0.15) is 0 Å². The molecular formula is C9H11ClO3S. The highest BCUT2D eigenvalue weighted by Gasteiger charge is 2.19. The van der Waals surface area contributed by atoms with E-state index in [2.05, 4.69) is 0 Å². The van der Waals surface area contributed by atoms with Crippen molar-refractivity contribution in [2.45, 2.75) is 6.10 Å². The Morgan fingerprint density at radius 2 is 2.21 bits per heavy atom. The maximum atomic E-state index is 8.84. The first-order chi connectivity index (χ1) is 6.29. The molecule has 5 heteroatoms. The van der Waals surface area contributed by atoms with Crippen molar-refractivity contribution in [2.24, 2.45) is 0 Å². The monoisotopic (exact) mass is 234 g/mol. The summed E-state index contributed by atoms with van der Waals surface area (Å²) in [5, 5.41) is 9.46. The summed E-state index contributed by atoms with van der Waals surface area (Å²) in [5.41, 5.74) is 0. The van der Waals surface area contributed by atoms with E-state index < -0.39 is 0 Å². The van der Waals surface area contributed by atoms with Crippen LogP contribution in [0.3, 0.4) is 0 Å². The number of halogens is 1. The van der Waals surface area contributed by atoms with Gasteiger partial charge in [0.25, 0.3) is 0 Å². The van der Waals surface area contributed by atoms with Gasteiger partial charge in [-0.1, -0.05) is 11.6 Å². The molecule has 1 aliphatic heterocycles. The van der Waals surface area contributed by atoms with Crippen LogP contribution >= 0.6 is 25.1 Å². The fraction of sp³-hybridized carbons (Fsp3) is 0.333. The van der Waals surface area contributed by atoms with E-state index in [-0.39, 0.29) is 26.2 Å². The third-order valence-corrected chi connectivity index (χ3v) is 2.06. The van der Waals surface area contributed by atoms with Crippen molar-refractivity contribution < 1.29 is 14.6 Å². The van der Waals surface area contributed by atoms with Crippen LogP contribution in [0.5, 0.6) is 11.5 Å². The van der Waals surface area contributed by atoms with Crippen molar-refractivity contribution in [3.05, 3.63) is 23.2 Å². The minimum atomic E-state index is -0.270. The van der Waals surface area contributed by atoms with Gasteiger partial charge in [-0.15, -0.1) is 0 Å². The fourth-order valence-corrected chi connectivity index (χ4v) is 1.34. The molecule has 14 heavy (non-hydrogen) atoms. The van der Waals surface area contributed by atoms with Crippen LogP contribution < -0.4 is 9.47 Å². The standard InChI is InChI=1S/C9H9ClO3.H2S/c10-6-1-2-8-9(3-6)12-5-7(4-11)13-8;/h1-3,7,11H,4-5H2;1H2/t7-;/m0./s1. The van der Waals surface area contributed by atoms with Crippen molar-refractivity contribution >= 4 is 25.1 Å². The first-order valence-corrected chi connectivity index (χ1v) is 4.37. The Labute approximate surface area is 94.0 Å². The van der Waals surface area contributed by atoms with Crippen LogP contribution in [0.15, 0.2) is 18.2 Å². The van der Waals surface area contributed by atoms with E-state index in [1.165, 1.54) is 0 Å². The van der Waals surface area contributed by atoms with Gasteiger partial charge in [-0.2, -0.15) is 13.5 Å². The number of hydrogen-bond donors (Lipinski definition) is 1. The SMILES string of the molecule is OC[C@H]1COc2cc(Cl)ccc2O1.S. The lowest BCUT2D eigenvalue weighted by Gasteiger charge is -2.24. The molecule has 1 N–H and O–H groups in total. The molecule has 0 bridgehead atoms. The highest BCUT2D eigenvalue weighted by molar-refractivity contribution is 7.59. The highest BCUT2D eigenvalue weighted by Crippen LogP contribution is 2.33. The molecule has 0 aromatic heterocycles. The number of fused-ring (bicyclic) bond motifs is 1. The average molecular weight is 235 g/mol. The normalized spacial score (nSPS) is 18.6. The van der Waals surface area contributed by atoms with Gasteiger partial charge in [-0.05, 0) is 12.1 Å². The summed E-state index contributed by atoms with van der Waals surface area (Å²) in [4.78, 5) is 0. The van der Waals surface area contributed by atoms with Crippen LogP contribution in [0.4, 0.5) is 0 Å². The van der Waals surface area contributed by atoms with Gasteiger partial charge in [-0.3, -0.25) is 0 Å². The Morgan fingerprint density at radius 3 is 2.93 bits per heavy atom. The fourth-order valence-electron chi connectivity index (χ4n) is 1.18. The molecule has 2 rings (SSSR count). The highest BCUT2D eigenvalue weighted by atomic mass is 35.5. The zero-order chi connectivity index (χ0) is 9.26. The Morgan fingerprint density at radius 1 is 1.43 bits per heavy atom. The number of benzene rings is 1. The molecule has 0 unspecified atom stereocenters. The zero-order valence-corrected chi connectivity index (χ0v) is 9.12. The third-order valence-electron chi connectivity index (χ3n) is 1.83. The molecular weight excluding hydrogens is 224 g/mol. The van der Waals surface area contributed by atoms with Gasteiger partial charge >= 0.3 is 0 Å². The first kappa shape index (κ1) is 11.5. The Balaban J connectivity index is 0.000000980. The summed E-state index contributed by atoms with van der Waals surface area (Å²) < 4.78 is 10.7. The Hall–Kier alpha value is -0.580. The average Bonchev–Trinajstić information content (AvgIpc) is 2.17. The van der Waals surface area contributed by atoms with Crippen LogP contribution in [-0.2, 0) is 0 Å². The summed E-state index contributed by atoms with van der Waals surface area (Å²) in [7, 11) is 0. The molecule has 1 aliphatic rings. The maximum Gasteiger partial charge on any atom is 0.162 e. The van der Waals surface area contributed by atoms with Gasteiger partial charge in [-0.25, -0.2) is 0 Å². The van der Waals surface area contributed by atoms with E-state index >= 15 is 0 Å². The number of hydrogen-bond acceptors (Lipinski definition) is 3. The second-order valence-corrected chi connectivity index (χ2v) is 3.26. The predicted molar refractivity (Wildman–Crippen MR) is 58.8 cm³/mol. The van der Waals surface area contributed by atoms with Crippen molar-refractivity contribution in [3.63, 3.8) is 0 Å². The smallest absolute Gasteiger partial charge is 0.162 e. The number of ether oxygens (including phenoxy) is 2. The first-order valence-electron chi connectivity index (χ1n) is 3.99. The number of rotatable bonds is 1. The van der Waals surface area contributed by atoms with Crippen LogP contribution in [0.2, 0.25) is 5.02 Å². The second-order valence-electron chi connectivity index (χ2n) is 2.82. The molecule has 0 fully saturated rings. The molecule has 1 atom stereocenters. The largest absolute Gasteiger partial charge is 0.486 e. The zero-order valence-electron chi connectivity index (χ0n) is 7.37. The molecule has 0 saturated carbocycles. The molecule has 1 aromatic rings. The van der Waals surface area contributed by atoms with E-state index in [4.69, 9.17) is 26.2 Å². The van der Waals surface area contributed by atoms with E-state index in [1.54, 1.807) is 18.2 Å². The van der Waals surface area contributed by atoms with Crippen LogP contribution in [0, 0.1) is 0 Å². The van der Waals surface area contributed by atoms with Crippen molar-refractivity contribution in [3.8, 4) is 11.5 Å². The van der Waals surface area contributed by atoms with Gasteiger partial charge in [0.1, 0.15) is 6.61 Å². The Bertz CT molecular complexity index is 319. The number of aliphatic hydroxyl groups is 1. The second kappa shape index (κ2) is 4.77. The van der Waals surface area contributed by atoms with Gasteiger partial charge in [0.15, 0.2) is 17.6 Å². The molecule has 1 aromatic carbocycles. The van der Waals surface area contributed by atoms with Gasteiger partial charge in [0.05, 0.1) is 6.61 Å². The molecule has 78 valence electrons. The van der Waals surface area contributed by atoms with Gasteiger partial charge in [0.2, 0.25) is 0 Å². The van der Waals surface area contributed by atoms with Crippen LogP contribution in [-0.4, -0.2) is 24.4 Å². The molecule has 0 saturated heterocycles. The topological polar surface area (TPSA) is 38.7 Å². The number of aliphatic hydroxyl groups excluding tert-OH is 1. The van der Waals surface area contributed by atoms with Crippen molar-refractivity contribution in [1.29, 1.82) is 0 Å². The molecule has 0 aliphatic carbocycles. The third kappa shape index (κ3) is 2.26. The van der Waals surface area contributed by atoms with Crippen molar-refractivity contribution in [1.82, 2.24) is 0 Å². The summed E-state index contributed by atoms with van der Waals surface area (Å²) >= 11 is 5.76. The predicted octanol–water partition coefficient (Wildman–Crippen LogP) is 1.58. The maximum absolute atomic E-state index is 8.84. The van der Waals surface area contributed by atoms with Crippen molar-refractivity contribution in [2.75, 3.05) is 13.2 Å². The Kier molecular flexibility index (Phi) is 3.92. The van der Waals surface area contributed by atoms with Crippen LogP contribution in [0.25, 0.3) is 0 Å². The molecule has 0 radical (unpaired) electrons. The lowest BCUT2D eigenvalue weighted by Crippen LogP contribution is -2.32. The quantitative estimate of drug-likeness (QED) is 0.802. The van der Waals surface area contributed by atoms with E-state index in [9.17, 15) is 0 Å². The minimum absolute atomic E-state index is 0. The molecule has 0 amide bonds. The van der Waals surface area contributed by atoms with Gasteiger partial charge < -0.3 is 14.6 Å². The lowest BCUT2D eigenvalue weighted by molar-refractivity contribution is 0.0456. The summed E-state index contributed by atoms with van der Waals surface area (Å²) in [5.74, 6) is 1.27. The summed E-state index contributed by atoms with van der Waals surface area (Å²) in [6.07, 6.45) is -0.270. The summed E-state index contributed by atoms with van der Waals surface area (Å²) in [6.45, 7) is 0.325. The van der Waals surface area contributed by atoms with E-state index in [1.807, 2.05) is 0 Å². The lowest BCUT2D eigenvalue weighted by atomic mass is 10.3. The van der Waals surface area contributed by atoms with Gasteiger partial charge in [0, 0.05) is 11.1 Å². The summed E-state index contributed by atoms with van der Waals surface area (Å²) in [6, 6.07) is 5.16. The van der Waals surface area contributed by atoms with E-state index in [0.717, 1.165) is 0 Å². The minimum Gasteiger partial charge on any atom is -0.486 e.